The van der Waals surface area contributed by atoms with E-state index in [-0.39, 0.29) is 5.91 Å². The van der Waals surface area contributed by atoms with E-state index in [9.17, 15) is 4.79 Å². The van der Waals surface area contributed by atoms with Crippen molar-refractivity contribution in [2.75, 3.05) is 6.61 Å². The topological polar surface area (TPSA) is 38.8 Å². The number of hydrogen-bond donors (Lipinski definition) is 0. The van der Waals surface area contributed by atoms with Crippen LogP contribution in [0.4, 0.5) is 0 Å². The summed E-state index contributed by atoms with van der Waals surface area (Å²) in [6.45, 7) is 4.42. The summed E-state index contributed by atoms with van der Waals surface area (Å²) in [5.41, 5.74) is 4.78. The number of ether oxygens (including phenoxy) is 2. The highest BCUT2D eigenvalue weighted by Gasteiger charge is 2.19. The Kier molecular flexibility index (Phi) is 8.68. The van der Waals surface area contributed by atoms with Crippen LogP contribution in [0.1, 0.15) is 39.5 Å². The third-order valence-electron chi connectivity index (χ3n) is 5.70. The Bertz CT molecular complexity index is 1150. The molecule has 0 radical (unpaired) electrons. The summed E-state index contributed by atoms with van der Waals surface area (Å²) in [6, 6.07) is 35.8. The molecule has 0 bridgehead atoms. The lowest BCUT2D eigenvalue weighted by Gasteiger charge is -2.24. The van der Waals surface area contributed by atoms with E-state index in [1.165, 1.54) is 0 Å². The molecule has 0 fully saturated rings. The molecule has 1 amide bonds. The van der Waals surface area contributed by atoms with E-state index in [4.69, 9.17) is 9.47 Å². The van der Waals surface area contributed by atoms with Gasteiger partial charge >= 0.3 is 0 Å². The molecule has 4 nitrogen and oxygen atoms in total. The van der Waals surface area contributed by atoms with Crippen LogP contribution in [0.5, 0.6) is 5.75 Å². The van der Waals surface area contributed by atoms with Crippen molar-refractivity contribution in [1.82, 2.24) is 4.90 Å². The first-order valence-corrected chi connectivity index (χ1v) is 12.0. The van der Waals surface area contributed by atoms with Crippen LogP contribution >= 0.6 is 0 Å². The van der Waals surface area contributed by atoms with E-state index in [0.717, 1.165) is 28.0 Å². The molecule has 0 saturated carbocycles. The summed E-state index contributed by atoms with van der Waals surface area (Å²) in [5.74, 6) is 0.722. The first kappa shape index (κ1) is 24.2. The first-order chi connectivity index (χ1) is 17.2. The molecule has 0 N–H and O–H groups in total. The summed E-state index contributed by atoms with van der Waals surface area (Å²) in [5, 5.41) is 0. The molecule has 178 valence electrons. The molecule has 0 aliphatic heterocycles. The number of carbonyl (C=O) groups excluding carboxylic acids is 1. The van der Waals surface area contributed by atoms with Crippen molar-refractivity contribution >= 4 is 5.91 Å². The number of rotatable bonds is 11. The van der Waals surface area contributed by atoms with Crippen molar-refractivity contribution in [2.45, 2.75) is 33.2 Å². The normalized spacial score (nSPS) is 10.7. The summed E-state index contributed by atoms with van der Waals surface area (Å²) < 4.78 is 11.8. The third-order valence-corrected chi connectivity index (χ3v) is 5.70. The van der Waals surface area contributed by atoms with Crippen LogP contribution in [0.15, 0.2) is 109 Å². The van der Waals surface area contributed by atoms with Crippen LogP contribution in [0, 0.1) is 0 Å². The highest BCUT2D eigenvalue weighted by molar-refractivity contribution is 5.94. The molecule has 0 atom stereocenters. The van der Waals surface area contributed by atoms with E-state index in [1.54, 1.807) is 0 Å². The van der Waals surface area contributed by atoms with Gasteiger partial charge in [-0.1, -0.05) is 91.0 Å². The Morgan fingerprint density at radius 3 is 1.77 bits per heavy atom. The number of hydrogen-bond acceptors (Lipinski definition) is 3. The predicted molar refractivity (Wildman–Crippen MR) is 139 cm³/mol. The van der Waals surface area contributed by atoms with Gasteiger partial charge in [0.15, 0.2) is 0 Å². The van der Waals surface area contributed by atoms with E-state index in [0.29, 0.717) is 38.5 Å². The first-order valence-electron chi connectivity index (χ1n) is 12.0. The Morgan fingerprint density at radius 2 is 1.23 bits per heavy atom. The van der Waals surface area contributed by atoms with Gasteiger partial charge in [0.2, 0.25) is 0 Å². The zero-order valence-electron chi connectivity index (χ0n) is 20.1. The van der Waals surface area contributed by atoms with Gasteiger partial charge in [-0.25, -0.2) is 0 Å². The van der Waals surface area contributed by atoms with Crippen molar-refractivity contribution < 1.29 is 14.3 Å². The summed E-state index contributed by atoms with van der Waals surface area (Å²) in [6.07, 6.45) is 0. The molecule has 0 aromatic heterocycles. The summed E-state index contributed by atoms with van der Waals surface area (Å²) in [4.78, 5) is 15.6. The fraction of sp³-hybridized carbons (Fsp3) is 0.194. The van der Waals surface area contributed by atoms with Gasteiger partial charge in [0.1, 0.15) is 5.75 Å². The van der Waals surface area contributed by atoms with E-state index < -0.39 is 0 Å². The van der Waals surface area contributed by atoms with Crippen LogP contribution in [0.3, 0.4) is 0 Å². The van der Waals surface area contributed by atoms with Crippen LogP contribution in [-0.2, 0) is 31.0 Å². The predicted octanol–water partition coefficient (Wildman–Crippen LogP) is 6.64. The maximum Gasteiger partial charge on any atom is 0.254 e. The second-order valence-electron chi connectivity index (χ2n) is 8.37. The van der Waals surface area contributed by atoms with Crippen LogP contribution in [-0.4, -0.2) is 17.4 Å². The number of nitrogens with zero attached hydrogens (tertiary/aromatic N) is 1. The number of carbonyl (C=O) groups is 1. The van der Waals surface area contributed by atoms with E-state index >= 15 is 0 Å². The zero-order valence-corrected chi connectivity index (χ0v) is 20.1. The molecule has 0 spiro atoms. The molecular weight excluding hydrogens is 434 g/mol. The van der Waals surface area contributed by atoms with Gasteiger partial charge in [-0.15, -0.1) is 0 Å². The molecule has 4 heteroatoms. The molecule has 0 unspecified atom stereocenters. The molecule has 4 aromatic carbocycles. The Balaban J connectivity index is 1.55. The summed E-state index contributed by atoms with van der Waals surface area (Å²) >= 11 is 0. The van der Waals surface area contributed by atoms with Crippen molar-refractivity contribution in [3.63, 3.8) is 0 Å². The fourth-order valence-corrected chi connectivity index (χ4v) is 3.96. The molecule has 35 heavy (non-hydrogen) atoms. The maximum absolute atomic E-state index is 13.7. The van der Waals surface area contributed by atoms with Gasteiger partial charge in [0.25, 0.3) is 5.91 Å². The quantitative estimate of drug-likeness (QED) is 0.249. The molecular formula is C31H31NO3. The highest BCUT2D eigenvalue weighted by atomic mass is 16.5. The van der Waals surface area contributed by atoms with Crippen molar-refractivity contribution in [2.24, 2.45) is 0 Å². The van der Waals surface area contributed by atoms with Crippen molar-refractivity contribution in [3.05, 3.63) is 137 Å². The average molecular weight is 466 g/mol. The largest absolute Gasteiger partial charge is 0.494 e. The maximum atomic E-state index is 13.7. The minimum Gasteiger partial charge on any atom is -0.494 e. The Hall–Kier alpha value is -3.89. The van der Waals surface area contributed by atoms with Gasteiger partial charge < -0.3 is 14.4 Å². The van der Waals surface area contributed by atoms with Gasteiger partial charge in [-0.3, -0.25) is 4.79 Å². The van der Waals surface area contributed by atoms with Crippen LogP contribution < -0.4 is 4.74 Å². The molecule has 4 aromatic rings. The summed E-state index contributed by atoms with van der Waals surface area (Å²) in [7, 11) is 0. The van der Waals surface area contributed by atoms with Crippen molar-refractivity contribution in [1.29, 1.82) is 0 Å². The van der Waals surface area contributed by atoms with Gasteiger partial charge in [0, 0.05) is 24.2 Å². The van der Waals surface area contributed by atoms with Crippen LogP contribution in [0.25, 0.3) is 0 Å². The second-order valence-corrected chi connectivity index (χ2v) is 8.37. The fourth-order valence-electron chi connectivity index (χ4n) is 3.96. The minimum atomic E-state index is -0.0231. The van der Waals surface area contributed by atoms with E-state index in [2.05, 4.69) is 0 Å². The van der Waals surface area contributed by atoms with Gasteiger partial charge in [0.05, 0.1) is 19.8 Å². The molecule has 0 heterocycles. The molecule has 0 aliphatic carbocycles. The van der Waals surface area contributed by atoms with E-state index in [1.807, 2.05) is 121 Å². The standard InChI is InChI=1S/C31H31NO3/c1-2-35-30-19-18-28(20-29(30)24-34-23-27-16-10-5-11-17-27)31(33)32(21-25-12-6-3-7-13-25)22-26-14-8-4-9-15-26/h3-20H,2,21-24H2,1H3. The lowest BCUT2D eigenvalue weighted by atomic mass is 10.1. The lowest BCUT2D eigenvalue weighted by molar-refractivity contribution is 0.0729. The Morgan fingerprint density at radius 1 is 0.686 bits per heavy atom. The SMILES string of the molecule is CCOc1ccc(C(=O)N(Cc2ccccc2)Cc2ccccc2)cc1COCc1ccccc1. The number of amides is 1. The smallest absolute Gasteiger partial charge is 0.254 e. The second kappa shape index (κ2) is 12.5. The minimum absolute atomic E-state index is 0.0231. The molecule has 0 aliphatic rings. The van der Waals surface area contributed by atoms with Crippen LogP contribution in [0.2, 0.25) is 0 Å². The molecule has 4 rings (SSSR count). The van der Waals surface area contributed by atoms with Gasteiger partial charge in [-0.2, -0.15) is 0 Å². The van der Waals surface area contributed by atoms with Crippen molar-refractivity contribution in [3.8, 4) is 5.75 Å². The zero-order chi connectivity index (χ0) is 24.3. The monoisotopic (exact) mass is 465 g/mol. The average Bonchev–Trinajstić information content (AvgIpc) is 2.91. The lowest BCUT2D eigenvalue weighted by Crippen LogP contribution is -2.30. The molecule has 0 saturated heterocycles. The highest BCUT2D eigenvalue weighted by Crippen LogP contribution is 2.24. The number of benzene rings is 4. The third kappa shape index (κ3) is 7.05. The van der Waals surface area contributed by atoms with Gasteiger partial charge in [-0.05, 0) is 41.8 Å². The Labute approximate surface area is 207 Å².